The lowest BCUT2D eigenvalue weighted by Gasteiger charge is -2.20. The second kappa shape index (κ2) is 7.08. The number of alkyl carbamates (subject to hydrolysis) is 1. The van der Waals surface area contributed by atoms with E-state index in [4.69, 9.17) is 4.74 Å². The minimum Gasteiger partial charge on any atom is -0.444 e. The number of nitrogens with one attached hydrogen (secondary N) is 1. The third-order valence-electron chi connectivity index (χ3n) is 3.33. The van der Waals surface area contributed by atoms with Crippen molar-refractivity contribution in [1.29, 1.82) is 0 Å². The maximum absolute atomic E-state index is 12.5. The Morgan fingerprint density at radius 3 is 2.74 bits per heavy atom. The van der Waals surface area contributed by atoms with E-state index in [1.54, 1.807) is 32.9 Å². The third kappa shape index (κ3) is 5.17. The lowest BCUT2D eigenvalue weighted by Crippen LogP contribution is -2.36. The molecule has 1 aliphatic rings. The van der Waals surface area contributed by atoms with Crippen LogP contribution in [0.1, 0.15) is 27.2 Å². The van der Waals surface area contributed by atoms with Gasteiger partial charge in [0, 0.05) is 19.6 Å². The molecular weight excluding hydrogens is 404 g/mol. The zero-order chi connectivity index (χ0) is 17.3. The van der Waals surface area contributed by atoms with Gasteiger partial charge in [-0.15, -0.1) is 11.3 Å². The Morgan fingerprint density at radius 2 is 2.17 bits per heavy atom. The Bertz CT molecular complexity index is 667. The van der Waals surface area contributed by atoms with Crippen molar-refractivity contribution in [1.82, 2.24) is 9.62 Å². The zero-order valence-electron chi connectivity index (χ0n) is 13.3. The van der Waals surface area contributed by atoms with Crippen molar-refractivity contribution in [2.75, 3.05) is 19.6 Å². The molecule has 1 amide bonds. The fourth-order valence-corrected chi connectivity index (χ4v) is 5.98. The number of carbonyl (C=O) groups excluding carboxylic acids is 1. The van der Waals surface area contributed by atoms with Crippen molar-refractivity contribution in [3.8, 4) is 0 Å². The van der Waals surface area contributed by atoms with Crippen LogP contribution in [0.15, 0.2) is 20.1 Å². The lowest BCUT2D eigenvalue weighted by atomic mass is 10.1. The predicted molar refractivity (Wildman–Crippen MR) is 93.1 cm³/mol. The van der Waals surface area contributed by atoms with Crippen molar-refractivity contribution >= 4 is 43.4 Å². The van der Waals surface area contributed by atoms with Crippen LogP contribution in [0.2, 0.25) is 0 Å². The average Bonchev–Trinajstić information content (AvgIpc) is 3.03. The molecule has 2 heterocycles. The maximum atomic E-state index is 12.5. The van der Waals surface area contributed by atoms with Crippen LogP contribution >= 0.6 is 27.3 Å². The summed E-state index contributed by atoms with van der Waals surface area (Å²) >= 11 is 4.49. The zero-order valence-corrected chi connectivity index (χ0v) is 16.6. The molecule has 0 aliphatic carbocycles. The van der Waals surface area contributed by atoms with Crippen LogP contribution in [0.25, 0.3) is 0 Å². The van der Waals surface area contributed by atoms with Crippen molar-refractivity contribution < 1.29 is 17.9 Å². The molecule has 1 atom stereocenters. The summed E-state index contributed by atoms with van der Waals surface area (Å²) in [6.45, 7) is 6.70. The molecule has 23 heavy (non-hydrogen) atoms. The molecule has 1 aliphatic heterocycles. The molecule has 2 rings (SSSR count). The first-order valence-electron chi connectivity index (χ1n) is 7.30. The van der Waals surface area contributed by atoms with Gasteiger partial charge in [0.25, 0.3) is 10.0 Å². The van der Waals surface area contributed by atoms with Gasteiger partial charge >= 0.3 is 6.09 Å². The molecule has 0 radical (unpaired) electrons. The van der Waals surface area contributed by atoms with Crippen LogP contribution in [0, 0.1) is 5.92 Å². The quantitative estimate of drug-likeness (QED) is 0.805. The Morgan fingerprint density at radius 1 is 1.48 bits per heavy atom. The summed E-state index contributed by atoms with van der Waals surface area (Å²) in [4.78, 5) is 11.6. The van der Waals surface area contributed by atoms with Gasteiger partial charge in [-0.1, -0.05) is 0 Å². The van der Waals surface area contributed by atoms with E-state index in [2.05, 4.69) is 21.2 Å². The number of thiophene rings is 1. The largest absolute Gasteiger partial charge is 0.444 e. The highest BCUT2D eigenvalue weighted by Crippen LogP contribution is 2.31. The van der Waals surface area contributed by atoms with Crippen molar-refractivity contribution in [3.05, 3.63) is 15.9 Å². The molecule has 1 aromatic rings. The van der Waals surface area contributed by atoms with Crippen molar-refractivity contribution in [3.63, 3.8) is 0 Å². The van der Waals surface area contributed by atoms with E-state index < -0.39 is 21.7 Å². The molecule has 130 valence electrons. The fraction of sp³-hybridized carbons (Fsp3) is 0.643. The Hall–Kier alpha value is -0.640. The summed E-state index contributed by atoms with van der Waals surface area (Å²) in [7, 11) is -3.44. The Balaban J connectivity index is 1.88. The Labute approximate surface area is 149 Å². The molecule has 6 nitrogen and oxygen atoms in total. The average molecular weight is 425 g/mol. The van der Waals surface area contributed by atoms with Crippen molar-refractivity contribution in [2.24, 2.45) is 5.92 Å². The summed E-state index contributed by atoms with van der Waals surface area (Å²) in [5, 5.41) is 2.71. The van der Waals surface area contributed by atoms with Crippen LogP contribution < -0.4 is 5.32 Å². The van der Waals surface area contributed by atoms with Crippen LogP contribution in [0.5, 0.6) is 0 Å². The first-order valence-corrected chi connectivity index (χ1v) is 10.4. The monoisotopic (exact) mass is 424 g/mol. The van der Waals surface area contributed by atoms with E-state index in [0.29, 0.717) is 23.8 Å². The normalized spacial score (nSPS) is 19.7. The van der Waals surface area contributed by atoms with Crippen LogP contribution in [-0.2, 0) is 14.8 Å². The van der Waals surface area contributed by atoms with Gasteiger partial charge in [-0.2, -0.15) is 4.31 Å². The van der Waals surface area contributed by atoms with Crippen LogP contribution in [0.4, 0.5) is 4.79 Å². The minimum absolute atomic E-state index is 0.0979. The van der Waals surface area contributed by atoms with E-state index in [1.165, 1.54) is 15.6 Å². The van der Waals surface area contributed by atoms with Gasteiger partial charge in [0.05, 0.1) is 3.79 Å². The van der Waals surface area contributed by atoms with Gasteiger partial charge in [0.2, 0.25) is 0 Å². The highest BCUT2D eigenvalue weighted by molar-refractivity contribution is 9.11. The molecule has 1 fully saturated rings. The lowest BCUT2D eigenvalue weighted by molar-refractivity contribution is 0.0520. The Kier molecular flexibility index (Phi) is 5.76. The minimum atomic E-state index is -3.44. The van der Waals surface area contributed by atoms with Crippen LogP contribution in [-0.4, -0.2) is 44.1 Å². The molecule has 1 saturated heterocycles. The standard InChI is InChI=1S/C14H21BrN2O4S2/c1-14(2,3)21-13(18)16-8-10-6-7-17(9-10)23(19,20)12-5-4-11(15)22-12/h4-5,10H,6-9H2,1-3H3,(H,16,18). The van der Waals surface area contributed by atoms with Gasteiger partial charge in [-0.05, 0) is 61.2 Å². The predicted octanol–water partition coefficient (Wildman–Crippen LogP) is 3.05. The molecule has 1 aromatic heterocycles. The number of rotatable bonds is 4. The molecule has 9 heteroatoms. The molecule has 1 N–H and O–H groups in total. The van der Waals surface area contributed by atoms with Gasteiger partial charge in [-0.3, -0.25) is 0 Å². The number of nitrogens with zero attached hydrogens (tertiary/aromatic N) is 1. The molecule has 1 unspecified atom stereocenters. The third-order valence-corrected chi connectivity index (χ3v) is 7.28. The maximum Gasteiger partial charge on any atom is 0.407 e. The van der Waals surface area contributed by atoms with Gasteiger partial charge < -0.3 is 10.1 Å². The van der Waals surface area contributed by atoms with E-state index >= 15 is 0 Å². The summed E-state index contributed by atoms with van der Waals surface area (Å²) in [5.41, 5.74) is -0.540. The van der Waals surface area contributed by atoms with E-state index in [1.807, 2.05) is 0 Å². The summed E-state index contributed by atoms with van der Waals surface area (Å²) in [5.74, 6) is 0.0979. The highest BCUT2D eigenvalue weighted by atomic mass is 79.9. The second-order valence-electron chi connectivity index (χ2n) is 6.46. The summed E-state index contributed by atoms with van der Waals surface area (Å²) in [6, 6.07) is 3.34. The van der Waals surface area contributed by atoms with Gasteiger partial charge in [0.15, 0.2) is 0 Å². The molecular formula is C14H21BrN2O4S2. The van der Waals surface area contributed by atoms with E-state index in [9.17, 15) is 13.2 Å². The van der Waals surface area contributed by atoms with Crippen LogP contribution in [0.3, 0.4) is 0 Å². The molecule has 0 aromatic carbocycles. The number of hydrogen-bond acceptors (Lipinski definition) is 5. The van der Waals surface area contributed by atoms with Gasteiger partial charge in [0.1, 0.15) is 9.81 Å². The molecule has 0 saturated carbocycles. The number of carbonyl (C=O) groups is 1. The van der Waals surface area contributed by atoms with E-state index in [0.717, 1.165) is 10.2 Å². The fourth-order valence-electron chi connectivity index (χ4n) is 2.29. The topological polar surface area (TPSA) is 75.7 Å². The smallest absolute Gasteiger partial charge is 0.407 e. The van der Waals surface area contributed by atoms with E-state index in [-0.39, 0.29) is 5.92 Å². The second-order valence-corrected chi connectivity index (χ2v) is 11.1. The summed E-state index contributed by atoms with van der Waals surface area (Å²) in [6.07, 6.45) is 0.252. The number of ether oxygens (including phenoxy) is 1. The first kappa shape index (κ1) is 18.7. The molecule has 0 spiro atoms. The molecule has 0 bridgehead atoms. The van der Waals surface area contributed by atoms with Crippen molar-refractivity contribution in [2.45, 2.75) is 37.0 Å². The van der Waals surface area contributed by atoms with Gasteiger partial charge in [-0.25, -0.2) is 13.2 Å². The number of sulfonamides is 1. The SMILES string of the molecule is CC(C)(C)OC(=O)NCC1CCN(S(=O)(=O)c2ccc(Br)s2)C1. The number of amides is 1. The number of halogens is 1. The summed E-state index contributed by atoms with van der Waals surface area (Å²) < 4.78 is 32.8. The highest BCUT2D eigenvalue weighted by Gasteiger charge is 2.33. The number of hydrogen-bond donors (Lipinski definition) is 1. The first-order chi connectivity index (χ1) is 10.6.